The number of carbonyl (C=O) groups excluding carboxylic acids is 2. The summed E-state index contributed by atoms with van der Waals surface area (Å²) >= 11 is 12.3. The minimum absolute atomic E-state index is 0.0467. The van der Waals surface area contributed by atoms with Gasteiger partial charge >= 0.3 is 12.2 Å². The van der Waals surface area contributed by atoms with E-state index < -0.39 is 33.8 Å². The highest BCUT2D eigenvalue weighted by molar-refractivity contribution is 7.92. The normalized spacial score (nSPS) is 11.6. The highest BCUT2D eigenvalue weighted by Gasteiger charge is 2.32. The van der Waals surface area contributed by atoms with Crippen LogP contribution in [0.15, 0.2) is 60.8 Å². The van der Waals surface area contributed by atoms with Crippen LogP contribution in [-0.2, 0) is 29.3 Å². The summed E-state index contributed by atoms with van der Waals surface area (Å²) < 4.78 is 65.5. The van der Waals surface area contributed by atoms with Crippen LogP contribution < -0.4 is 15.4 Å². The Balaban J connectivity index is 1.51. The molecule has 0 saturated heterocycles. The molecule has 9 nitrogen and oxygen atoms in total. The Labute approximate surface area is 245 Å². The van der Waals surface area contributed by atoms with Crippen molar-refractivity contribution in [3.8, 4) is 0 Å². The molecule has 220 valence electrons. The number of carbonyl (C=O) groups is 2. The molecular weight excluding hydrogens is 606 g/mol. The molecule has 3 N–H and O–H groups in total. The van der Waals surface area contributed by atoms with Crippen LogP contribution in [-0.4, -0.2) is 49.6 Å². The number of pyridine rings is 1. The predicted octanol–water partition coefficient (Wildman–Crippen LogP) is 5.31. The van der Waals surface area contributed by atoms with Crippen LogP contribution in [0.5, 0.6) is 0 Å². The SMILES string of the molecule is CNC(=O)N(CCCS(=O)(=O)Nc1ccc(C(=O)NCc2ccc(C(F)(F)F)nc2)cc1)Cc1cccc(Cl)c1Cl. The lowest BCUT2D eigenvalue weighted by molar-refractivity contribution is -0.141. The van der Waals surface area contributed by atoms with E-state index in [0.29, 0.717) is 21.2 Å². The standard InChI is InChI=1S/C26H26Cl2F3N5O4S/c1-32-25(38)36(16-19-4-2-5-21(27)23(19)28)12-3-13-41(39,40)35-20-9-7-18(8-10-20)24(37)34-15-17-6-11-22(33-14-17)26(29,30)31/h2,4-11,14,35H,3,12-13,15-16H2,1H3,(H,32,38)(H,34,37). The summed E-state index contributed by atoms with van der Waals surface area (Å²) in [7, 11) is -2.33. The number of nitrogens with one attached hydrogen (secondary N) is 3. The van der Waals surface area contributed by atoms with Crippen LogP contribution in [0.1, 0.15) is 33.6 Å². The molecule has 3 rings (SSSR count). The number of sulfonamides is 1. The molecule has 41 heavy (non-hydrogen) atoms. The van der Waals surface area contributed by atoms with Crippen molar-refractivity contribution < 1.29 is 31.2 Å². The molecule has 3 aromatic rings. The number of halogens is 5. The highest BCUT2D eigenvalue weighted by atomic mass is 35.5. The van der Waals surface area contributed by atoms with Crippen LogP contribution in [0.3, 0.4) is 0 Å². The molecule has 15 heteroatoms. The Hall–Kier alpha value is -3.55. The number of urea groups is 1. The lowest BCUT2D eigenvalue weighted by Crippen LogP contribution is -2.39. The van der Waals surface area contributed by atoms with Crippen molar-refractivity contribution in [3.05, 3.63) is 93.2 Å². The van der Waals surface area contributed by atoms with E-state index in [1.54, 1.807) is 18.2 Å². The van der Waals surface area contributed by atoms with Crippen molar-refractivity contribution in [2.45, 2.75) is 25.7 Å². The van der Waals surface area contributed by atoms with Gasteiger partial charge in [0, 0.05) is 44.1 Å². The first-order chi connectivity index (χ1) is 19.3. The van der Waals surface area contributed by atoms with E-state index in [1.807, 2.05) is 0 Å². The van der Waals surface area contributed by atoms with Gasteiger partial charge in [-0.15, -0.1) is 0 Å². The molecule has 0 spiro atoms. The first-order valence-corrected chi connectivity index (χ1v) is 14.5. The number of rotatable bonds is 11. The molecule has 3 amide bonds. The van der Waals surface area contributed by atoms with E-state index in [4.69, 9.17) is 23.2 Å². The Morgan fingerprint density at radius 1 is 1.02 bits per heavy atom. The zero-order valence-corrected chi connectivity index (χ0v) is 24.0. The van der Waals surface area contributed by atoms with E-state index in [2.05, 4.69) is 20.3 Å². The molecule has 1 aromatic heterocycles. The zero-order valence-electron chi connectivity index (χ0n) is 21.6. The van der Waals surface area contributed by atoms with Crippen LogP contribution in [0, 0.1) is 0 Å². The summed E-state index contributed by atoms with van der Waals surface area (Å²) in [6.45, 7) is 0.206. The van der Waals surface area contributed by atoms with Crippen molar-refractivity contribution in [1.29, 1.82) is 0 Å². The molecule has 0 saturated carbocycles. The Bertz CT molecular complexity index is 1470. The number of anilines is 1. The largest absolute Gasteiger partial charge is 0.433 e. The maximum atomic E-state index is 12.6. The molecule has 2 aromatic carbocycles. The van der Waals surface area contributed by atoms with Crippen LogP contribution in [0.4, 0.5) is 23.7 Å². The number of amides is 3. The Morgan fingerprint density at radius 2 is 1.73 bits per heavy atom. The second-order valence-electron chi connectivity index (χ2n) is 8.77. The maximum Gasteiger partial charge on any atom is 0.433 e. The number of alkyl halides is 3. The van der Waals surface area contributed by atoms with E-state index in [0.717, 1.165) is 12.3 Å². The molecule has 1 heterocycles. The summed E-state index contributed by atoms with van der Waals surface area (Å²) in [5, 5.41) is 5.73. The summed E-state index contributed by atoms with van der Waals surface area (Å²) in [4.78, 5) is 29.5. The average molecular weight is 632 g/mol. The molecule has 0 fully saturated rings. The third-order valence-corrected chi connectivity index (χ3v) is 7.95. The lowest BCUT2D eigenvalue weighted by atomic mass is 10.2. The van der Waals surface area contributed by atoms with E-state index >= 15 is 0 Å². The Morgan fingerprint density at radius 3 is 2.34 bits per heavy atom. The minimum Gasteiger partial charge on any atom is -0.348 e. The first kappa shape index (κ1) is 32.0. The Kier molecular flexibility index (Phi) is 10.8. The van der Waals surface area contributed by atoms with Crippen LogP contribution in [0.2, 0.25) is 10.0 Å². The minimum atomic E-state index is -4.55. The van der Waals surface area contributed by atoms with Gasteiger partial charge in [-0.05, 0) is 53.9 Å². The predicted molar refractivity (Wildman–Crippen MR) is 150 cm³/mol. The van der Waals surface area contributed by atoms with Crippen LogP contribution in [0.25, 0.3) is 0 Å². The topological polar surface area (TPSA) is 121 Å². The molecule has 0 aliphatic carbocycles. The molecule has 0 atom stereocenters. The quantitative estimate of drug-likeness (QED) is 0.265. The van der Waals surface area contributed by atoms with Gasteiger partial charge in [-0.25, -0.2) is 13.2 Å². The van der Waals surface area contributed by atoms with Crippen molar-refractivity contribution in [2.24, 2.45) is 0 Å². The summed E-state index contributed by atoms with van der Waals surface area (Å²) in [5.74, 6) is -0.791. The fourth-order valence-corrected chi connectivity index (χ4v) is 5.12. The van der Waals surface area contributed by atoms with Gasteiger partial charge in [0.05, 0.1) is 15.8 Å². The monoisotopic (exact) mass is 631 g/mol. The van der Waals surface area contributed by atoms with Gasteiger partial charge < -0.3 is 15.5 Å². The number of hydrogen-bond acceptors (Lipinski definition) is 5. The smallest absolute Gasteiger partial charge is 0.348 e. The van der Waals surface area contributed by atoms with Gasteiger partial charge in [-0.2, -0.15) is 13.2 Å². The van der Waals surface area contributed by atoms with Crippen LogP contribution >= 0.6 is 23.2 Å². The summed E-state index contributed by atoms with van der Waals surface area (Å²) in [6, 6.07) is 12.3. The number of aromatic nitrogens is 1. The first-order valence-electron chi connectivity index (χ1n) is 12.1. The summed E-state index contributed by atoms with van der Waals surface area (Å²) in [6.07, 6.45) is -3.40. The van der Waals surface area contributed by atoms with Gasteiger partial charge in [0.2, 0.25) is 10.0 Å². The van der Waals surface area contributed by atoms with E-state index in [9.17, 15) is 31.2 Å². The number of hydrogen-bond donors (Lipinski definition) is 3. The van der Waals surface area contributed by atoms with Gasteiger partial charge in [0.25, 0.3) is 5.91 Å². The van der Waals surface area contributed by atoms with Gasteiger partial charge in [0.15, 0.2) is 0 Å². The molecule has 0 aliphatic heterocycles. The van der Waals surface area contributed by atoms with Crippen molar-refractivity contribution in [2.75, 3.05) is 24.1 Å². The molecule has 0 radical (unpaired) electrons. The second-order valence-corrected chi connectivity index (χ2v) is 11.4. The fraction of sp³-hybridized carbons (Fsp3) is 0.269. The fourth-order valence-electron chi connectivity index (χ4n) is 3.63. The molecule has 0 aliphatic rings. The van der Waals surface area contributed by atoms with Crippen molar-refractivity contribution >= 4 is 50.9 Å². The number of nitrogens with zero attached hydrogens (tertiary/aromatic N) is 2. The van der Waals surface area contributed by atoms with Gasteiger partial charge in [-0.1, -0.05) is 41.4 Å². The number of benzene rings is 2. The zero-order chi connectivity index (χ0) is 30.2. The average Bonchev–Trinajstić information content (AvgIpc) is 2.93. The van der Waals surface area contributed by atoms with E-state index in [-0.39, 0.29) is 43.1 Å². The van der Waals surface area contributed by atoms with Crippen molar-refractivity contribution in [1.82, 2.24) is 20.5 Å². The van der Waals surface area contributed by atoms with Gasteiger partial charge in [-0.3, -0.25) is 14.5 Å². The third kappa shape index (κ3) is 9.51. The van der Waals surface area contributed by atoms with Gasteiger partial charge in [0.1, 0.15) is 5.69 Å². The summed E-state index contributed by atoms with van der Waals surface area (Å²) in [5.41, 5.74) is 0.401. The third-order valence-electron chi connectivity index (χ3n) is 5.72. The maximum absolute atomic E-state index is 12.6. The van der Waals surface area contributed by atoms with Crippen molar-refractivity contribution in [3.63, 3.8) is 0 Å². The van der Waals surface area contributed by atoms with E-state index in [1.165, 1.54) is 42.3 Å². The highest BCUT2D eigenvalue weighted by Crippen LogP contribution is 2.28. The second kappa shape index (κ2) is 13.9. The molecule has 0 unspecified atom stereocenters. The molecular formula is C26H26Cl2F3N5O4S. The lowest BCUT2D eigenvalue weighted by Gasteiger charge is -2.23. The molecule has 0 bridgehead atoms.